The number of amides is 1. The molecular formula is C8H17N3O. The van der Waals surface area contributed by atoms with E-state index in [1.807, 2.05) is 6.92 Å². The molecule has 0 aromatic carbocycles. The molecule has 0 saturated carbocycles. The topological polar surface area (TPSA) is 58.4 Å². The summed E-state index contributed by atoms with van der Waals surface area (Å²) in [6.07, 6.45) is 0. The number of nitrogens with one attached hydrogen (secondary N) is 1. The second kappa shape index (κ2) is 4.42. The maximum Gasteiger partial charge on any atom is 0.234 e. The predicted octanol–water partition coefficient (Wildman–Crippen LogP) is -0.987. The normalized spacial score (nSPS) is 18.8. The van der Waals surface area contributed by atoms with Crippen LogP contribution in [0.2, 0.25) is 0 Å². The number of carbonyl (C=O) groups excluding carboxylic acids is 1. The van der Waals surface area contributed by atoms with Gasteiger partial charge in [-0.3, -0.25) is 9.69 Å². The van der Waals surface area contributed by atoms with Gasteiger partial charge in [-0.1, -0.05) is 0 Å². The molecule has 0 radical (unpaired) electrons. The van der Waals surface area contributed by atoms with E-state index >= 15 is 0 Å². The molecule has 0 spiro atoms. The monoisotopic (exact) mass is 171 g/mol. The summed E-state index contributed by atoms with van der Waals surface area (Å²) in [7, 11) is 0. The summed E-state index contributed by atoms with van der Waals surface area (Å²) in [6.45, 7) is 5.88. The van der Waals surface area contributed by atoms with Crippen LogP contribution in [0.1, 0.15) is 6.92 Å². The molecule has 0 unspecified atom stereocenters. The van der Waals surface area contributed by atoms with Crippen molar-refractivity contribution in [1.29, 1.82) is 0 Å². The van der Waals surface area contributed by atoms with Gasteiger partial charge in [0, 0.05) is 19.6 Å². The zero-order chi connectivity index (χ0) is 8.97. The summed E-state index contributed by atoms with van der Waals surface area (Å²) in [6, 6.07) is 0. The van der Waals surface area contributed by atoms with E-state index in [0.29, 0.717) is 19.0 Å². The highest BCUT2D eigenvalue weighted by Crippen LogP contribution is 2.12. The first-order valence-corrected chi connectivity index (χ1v) is 4.45. The number of likely N-dealkylation sites (N-methyl/N-ethyl adjacent to an activating group) is 1. The Bertz CT molecular complexity index is 154. The molecule has 1 aliphatic heterocycles. The van der Waals surface area contributed by atoms with E-state index in [1.165, 1.54) is 0 Å². The van der Waals surface area contributed by atoms with Gasteiger partial charge in [0.15, 0.2) is 0 Å². The Labute approximate surface area is 73.1 Å². The van der Waals surface area contributed by atoms with Gasteiger partial charge in [-0.25, -0.2) is 0 Å². The highest BCUT2D eigenvalue weighted by molar-refractivity contribution is 5.78. The van der Waals surface area contributed by atoms with Crippen molar-refractivity contribution in [2.75, 3.05) is 32.7 Å². The van der Waals surface area contributed by atoms with Gasteiger partial charge in [0.05, 0.1) is 6.54 Å². The first-order valence-electron chi connectivity index (χ1n) is 4.45. The molecular weight excluding hydrogens is 154 g/mol. The maximum atomic E-state index is 11.1. The third-order valence-electron chi connectivity index (χ3n) is 2.11. The lowest BCUT2D eigenvalue weighted by Gasteiger charge is -2.37. The smallest absolute Gasteiger partial charge is 0.234 e. The fraction of sp³-hybridized carbons (Fsp3) is 0.875. The van der Waals surface area contributed by atoms with Gasteiger partial charge in [-0.05, 0) is 19.4 Å². The number of nitrogens with two attached hydrogens (primary N) is 1. The number of hydrogen-bond acceptors (Lipinski definition) is 3. The van der Waals surface area contributed by atoms with E-state index in [0.717, 1.165) is 19.6 Å². The number of nitrogens with zero attached hydrogens (tertiary/aromatic N) is 1. The molecule has 1 amide bonds. The van der Waals surface area contributed by atoms with Crippen molar-refractivity contribution < 1.29 is 4.79 Å². The maximum absolute atomic E-state index is 11.1. The Kier molecular flexibility index (Phi) is 3.49. The molecule has 1 fully saturated rings. The second-order valence-electron chi connectivity index (χ2n) is 3.25. The molecule has 4 heteroatoms. The lowest BCUT2D eigenvalue weighted by atomic mass is 10.0. The number of rotatable bonds is 4. The molecule has 1 rings (SSSR count). The van der Waals surface area contributed by atoms with Crippen molar-refractivity contribution in [1.82, 2.24) is 10.2 Å². The highest BCUT2D eigenvalue weighted by Gasteiger charge is 2.26. The quantitative estimate of drug-likeness (QED) is 0.571. The zero-order valence-corrected chi connectivity index (χ0v) is 7.55. The van der Waals surface area contributed by atoms with Crippen LogP contribution < -0.4 is 11.1 Å². The van der Waals surface area contributed by atoms with Crippen molar-refractivity contribution >= 4 is 5.91 Å². The van der Waals surface area contributed by atoms with Crippen molar-refractivity contribution in [2.45, 2.75) is 6.92 Å². The molecule has 1 saturated heterocycles. The summed E-state index contributed by atoms with van der Waals surface area (Å²) >= 11 is 0. The van der Waals surface area contributed by atoms with Gasteiger partial charge in [0.2, 0.25) is 5.91 Å². The fourth-order valence-electron chi connectivity index (χ4n) is 1.41. The first kappa shape index (κ1) is 9.48. The van der Waals surface area contributed by atoms with Gasteiger partial charge < -0.3 is 11.1 Å². The highest BCUT2D eigenvalue weighted by atomic mass is 16.2. The lowest BCUT2D eigenvalue weighted by Crippen LogP contribution is -2.53. The number of carbonyl (C=O) groups is 1. The van der Waals surface area contributed by atoms with Crippen LogP contribution in [0.3, 0.4) is 0 Å². The molecule has 0 atom stereocenters. The number of hydrogen-bond donors (Lipinski definition) is 2. The van der Waals surface area contributed by atoms with Gasteiger partial charge in [0.1, 0.15) is 0 Å². The Morgan fingerprint density at radius 2 is 2.33 bits per heavy atom. The molecule has 0 bridgehead atoms. The molecule has 0 aromatic heterocycles. The molecule has 4 nitrogen and oxygen atoms in total. The molecule has 1 heterocycles. The van der Waals surface area contributed by atoms with Gasteiger partial charge in [-0.15, -0.1) is 0 Å². The van der Waals surface area contributed by atoms with Crippen LogP contribution in [-0.2, 0) is 4.79 Å². The van der Waals surface area contributed by atoms with Crippen LogP contribution in [0, 0.1) is 5.92 Å². The SMILES string of the molecule is CCNC(=O)CN1CC(CN)C1. The van der Waals surface area contributed by atoms with E-state index in [2.05, 4.69) is 10.2 Å². The van der Waals surface area contributed by atoms with Gasteiger partial charge in [0.25, 0.3) is 0 Å². The summed E-state index contributed by atoms with van der Waals surface area (Å²) in [4.78, 5) is 13.2. The summed E-state index contributed by atoms with van der Waals surface area (Å²) in [5, 5.41) is 2.77. The van der Waals surface area contributed by atoms with E-state index in [1.54, 1.807) is 0 Å². The molecule has 70 valence electrons. The number of likely N-dealkylation sites (tertiary alicyclic amines) is 1. The van der Waals surface area contributed by atoms with Crippen molar-refractivity contribution in [3.05, 3.63) is 0 Å². The van der Waals surface area contributed by atoms with E-state index in [9.17, 15) is 4.79 Å². The average molecular weight is 171 g/mol. The minimum Gasteiger partial charge on any atom is -0.355 e. The van der Waals surface area contributed by atoms with Crippen LogP contribution in [-0.4, -0.2) is 43.5 Å². The standard InChI is InChI=1S/C8H17N3O/c1-2-10-8(12)6-11-4-7(3-9)5-11/h7H,2-6,9H2,1H3,(H,10,12). The Morgan fingerprint density at radius 1 is 1.67 bits per heavy atom. The first-order chi connectivity index (χ1) is 5.76. The minimum absolute atomic E-state index is 0.118. The average Bonchev–Trinajstić information content (AvgIpc) is 1.96. The molecule has 3 N–H and O–H groups in total. The largest absolute Gasteiger partial charge is 0.355 e. The summed E-state index contributed by atoms with van der Waals surface area (Å²) in [5.41, 5.74) is 5.46. The summed E-state index contributed by atoms with van der Waals surface area (Å²) in [5.74, 6) is 0.729. The van der Waals surface area contributed by atoms with Gasteiger partial charge in [-0.2, -0.15) is 0 Å². The fourth-order valence-corrected chi connectivity index (χ4v) is 1.41. The summed E-state index contributed by atoms with van der Waals surface area (Å²) < 4.78 is 0. The van der Waals surface area contributed by atoms with Gasteiger partial charge >= 0.3 is 0 Å². The van der Waals surface area contributed by atoms with E-state index in [-0.39, 0.29) is 5.91 Å². The van der Waals surface area contributed by atoms with Crippen LogP contribution in [0.15, 0.2) is 0 Å². The molecule has 1 aliphatic rings. The van der Waals surface area contributed by atoms with Crippen LogP contribution >= 0.6 is 0 Å². The van der Waals surface area contributed by atoms with Crippen LogP contribution in [0.5, 0.6) is 0 Å². The molecule has 0 aromatic rings. The van der Waals surface area contributed by atoms with Crippen LogP contribution in [0.25, 0.3) is 0 Å². The van der Waals surface area contributed by atoms with Crippen molar-refractivity contribution in [3.63, 3.8) is 0 Å². The Morgan fingerprint density at radius 3 is 2.83 bits per heavy atom. The molecule has 0 aliphatic carbocycles. The zero-order valence-electron chi connectivity index (χ0n) is 7.55. The third-order valence-corrected chi connectivity index (χ3v) is 2.11. The van der Waals surface area contributed by atoms with Crippen molar-refractivity contribution in [3.8, 4) is 0 Å². The van der Waals surface area contributed by atoms with Crippen LogP contribution in [0.4, 0.5) is 0 Å². The Balaban J connectivity index is 2.06. The molecule has 12 heavy (non-hydrogen) atoms. The lowest BCUT2D eigenvalue weighted by molar-refractivity contribution is -0.123. The predicted molar refractivity (Wildman–Crippen MR) is 47.7 cm³/mol. The van der Waals surface area contributed by atoms with E-state index in [4.69, 9.17) is 5.73 Å². The Hall–Kier alpha value is -0.610. The third kappa shape index (κ3) is 2.46. The second-order valence-corrected chi connectivity index (χ2v) is 3.25. The minimum atomic E-state index is 0.118. The van der Waals surface area contributed by atoms with Crippen molar-refractivity contribution in [2.24, 2.45) is 11.7 Å². The van der Waals surface area contributed by atoms with E-state index < -0.39 is 0 Å².